The highest BCUT2D eigenvalue weighted by atomic mass is 32.2. The number of amides is 1. The van der Waals surface area contributed by atoms with Gasteiger partial charge in [0.25, 0.3) is 16.0 Å². The molecule has 0 unspecified atom stereocenters. The number of anilines is 1. The van der Waals surface area contributed by atoms with Gasteiger partial charge >= 0.3 is 0 Å². The molecule has 0 radical (unpaired) electrons. The number of nitrogens with one attached hydrogen (secondary N) is 1. The monoisotopic (exact) mass is 415 g/mol. The van der Waals surface area contributed by atoms with E-state index in [0.717, 1.165) is 40.4 Å². The van der Waals surface area contributed by atoms with Gasteiger partial charge in [-0.2, -0.15) is 13.5 Å². The second kappa shape index (κ2) is 8.75. The van der Waals surface area contributed by atoms with Gasteiger partial charge in [0.2, 0.25) is 0 Å². The number of hydrazone groups is 1. The summed E-state index contributed by atoms with van der Waals surface area (Å²) in [6.07, 6.45) is 7.42. The summed E-state index contributed by atoms with van der Waals surface area (Å²) in [6.45, 7) is 4.06. The molecule has 0 spiro atoms. The van der Waals surface area contributed by atoms with Crippen molar-refractivity contribution >= 4 is 27.4 Å². The van der Waals surface area contributed by atoms with Gasteiger partial charge in [0.1, 0.15) is 4.91 Å². The van der Waals surface area contributed by atoms with Crippen LogP contribution in [0.15, 0.2) is 63.9 Å². The van der Waals surface area contributed by atoms with Crippen LogP contribution in [0.3, 0.4) is 0 Å². The highest BCUT2D eigenvalue weighted by Crippen LogP contribution is 2.32. The Morgan fingerprint density at radius 3 is 2.66 bits per heavy atom. The molecule has 3 rings (SSSR count). The topological polar surface area (TPSA) is 99.1 Å². The van der Waals surface area contributed by atoms with Crippen LogP contribution in [-0.4, -0.2) is 29.6 Å². The molecule has 0 fully saturated rings. The molecule has 0 saturated heterocycles. The summed E-state index contributed by atoms with van der Waals surface area (Å²) in [5.41, 5.74) is 3.77. The Morgan fingerprint density at radius 1 is 1.21 bits per heavy atom. The van der Waals surface area contributed by atoms with Gasteiger partial charge in [-0.05, 0) is 36.1 Å². The van der Waals surface area contributed by atoms with Gasteiger partial charge < -0.3 is 5.32 Å². The first kappa shape index (κ1) is 21.0. The summed E-state index contributed by atoms with van der Waals surface area (Å²) in [7, 11) is -4.48. The first-order chi connectivity index (χ1) is 13.8. The lowest BCUT2D eigenvalue weighted by atomic mass is 10.0. The molecule has 0 aromatic heterocycles. The molecular formula is C21H25N3O4S. The zero-order chi connectivity index (χ0) is 21.0. The normalized spacial score (nSPS) is 18.6. The van der Waals surface area contributed by atoms with Gasteiger partial charge in [0.15, 0.2) is 0 Å². The van der Waals surface area contributed by atoms with Crippen LogP contribution in [0.1, 0.15) is 45.1 Å². The zero-order valence-corrected chi connectivity index (χ0v) is 17.4. The van der Waals surface area contributed by atoms with Crippen molar-refractivity contribution in [3.63, 3.8) is 0 Å². The molecule has 8 heteroatoms. The molecular weight excluding hydrogens is 390 g/mol. The Labute approximate surface area is 171 Å². The van der Waals surface area contributed by atoms with Gasteiger partial charge in [0.05, 0.1) is 12.1 Å². The summed E-state index contributed by atoms with van der Waals surface area (Å²) in [5.74, 6) is -0.288. The molecule has 1 amide bonds. The van der Waals surface area contributed by atoms with Gasteiger partial charge in [-0.15, -0.1) is 0 Å². The third-order valence-electron chi connectivity index (χ3n) is 4.82. The van der Waals surface area contributed by atoms with E-state index in [-0.39, 0.29) is 29.4 Å². The van der Waals surface area contributed by atoms with E-state index in [1.807, 2.05) is 31.2 Å². The maximum Gasteiger partial charge on any atom is 0.296 e. The highest BCUT2D eigenvalue weighted by Gasteiger charge is 2.32. The maximum atomic E-state index is 12.4. The minimum Gasteiger partial charge on any atom is -0.361 e. The van der Waals surface area contributed by atoms with Crippen LogP contribution in [0.25, 0.3) is 0 Å². The third kappa shape index (κ3) is 4.83. The minimum atomic E-state index is -4.48. The Hall–Kier alpha value is -2.71. The van der Waals surface area contributed by atoms with Crippen molar-refractivity contribution in [1.29, 1.82) is 0 Å². The quantitative estimate of drug-likeness (QED) is 0.656. The van der Waals surface area contributed by atoms with E-state index in [2.05, 4.69) is 17.3 Å². The second-order valence-corrected chi connectivity index (χ2v) is 8.36. The molecule has 7 nitrogen and oxygen atoms in total. The van der Waals surface area contributed by atoms with Crippen molar-refractivity contribution in [2.24, 2.45) is 5.10 Å². The summed E-state index contributed by atoms with van der Waals surface area (Å²) in [6, 6.07) is 7.91. The van der Waals surface area contributed by atoms with Crippen molar-refractivity contribution in [1.82, 2.24) is 5.01 Å². The van der Waals surface area contributed by atoms with E-state index >= 15 is 0 Å². The third-order valence-corrected chi connectivity index (χ3v) is 5.75. The fourth-order valence-electron chi connectivity index (χ4n) is 3.39. The number of para-hydroxylation sites is 1. The summed E-state index contributed by atoms with van der Waals surface area (Å²) >= 11 is 0. The number of allylic oxidation sites excluding steroid dienone is 3. The van der Waals surface area contributed by atoms with Gasteiger partial charge in [0, 0.05) is 24.0 Å². The number of rotatable bonds is 7. The number of hydrogen-bond donors (Lipinski definition) is 2. The molecule has 1 aromatic rings. The summed E-state index contributed by atoms with van der Waals surface area (Å²) in [4.78, 5) is 12.1. The van der Waals surface area contributed by atoms with Crippen LogP contribution in [-0.2, 0) is 21.3 Å². The van der Waals surface area contributed by atoms with Crippen molar-refractivity contribution in [3.8, 4) is 0 Å². The van der Waals surface area contributed by atoms with Gasteiger partial charge in [-0.25, -0.2) is 5.01 Å². The number of benzene rings is 1. The minimum absolute atomic E-state index is 0.154. The van der Waals surface area contributed by atoms with Gasteiger partial charge in [-0.3, -0.25) is 9.35 Å². The van der Waals surface area contributed by atoms with Crippen LogP contribution < -0.4 is 5.32 Å². The molecule has 1 aliphatic carbocycles. The lowest BCUT2D eigenvalue weighted by Gasteiger charge is -2.22. The lowest BCUT2D eigenvalue weighted by molar-refractivity contribution is -0.126. The van der Waals surface area contributed by atoms with Crippen LogP contribution in [0, 0.1) is 0 Å². The molecule has 0 bridgehead atoms. The van der Waals surface area contributed by atoms with Crippen molar-refractivity contribution < 1.29 is 17.8 Å². The number of carbonyl (C=O) groups is 1. The van der Waals surface area contributed by atoms with Crippen LogP contribution in [0.2, 0.25) is 0 Å². The fraction of sp³-hybridized carbons (Fsp3) is 0.333. The number of aryl methyl sites for hydroxylation is 1. The van der Waals surface area contributed by atoms with Crippen molar-refractivity contribution in [2.45, 2.75) is 46.0 Å². The zero-order valence-electron chi connectivity index (χ0n) is 16.6. The Morgan fingerprint density at radius 2 is 1.97 bits per heavy atom. The van der Waals surface area contributed by atoms with Crippen LogP contribution in [0.5, 0.6) is 0 Å². The average Bonchev–Trinajstić information content (AvgIpc) is 3.06. The van der Waals surface area contributed by atoms with E-state index in [0.29, 0.717) is 6.42 Å². The number of carbonyl (C=O) groups excluding carboxylic acids is 1. The highest BCUT2D eigenvalue weighted by molar-refractivity contribution is 7.90. The first-order valence-electron chi connectivity index (χ1n) is 9.65. The molecule has 29 heavy (non-hydrogen) atoms. The Balaban J connectivity index is 1.91. The van der Waals surface area contributed by atoms with E-state index in [1.54, 1.807) is 12.3 Å². The predicted molar refractivity (Wildman–Crippen MR) is 114 cm³/mol. The molecule has 2 aliphatic rings. The van der Waals surface area contributed by atoms with Crippen LogP contribution in [0.4, 0.5) is 5.69 Å². The number of hydrogen-bond acceptors (Lipinski definition) is 5. The van der Waals surface area contributed by atoms with E-state index in [9.17, 15) is 17.8 Å². The van der Waals surface area contributed by atoms with Crippen LogP contribution >= 0.6 is 0 Å². The molecule has 1 aromatic carbocycles. The molecule has 0 atom stereocenters. The molecule has 2 N–H and O–H groups in total. The largest absolute Gasteiger partial charge is 0.361 e. The SMILES string of the molecule is CCCC1=NN(C2=C(S(=O)(=O)O)C=CC(=CNc3ccccc3CC)C2)C(=O)C1. The summed E-state index contributed by atoms with van der Waals surface area (Å²) < 4.78 is 33.4. The first-order valence-corrected chi connectivity index (χ1v) is 11.1. The number of nitrogens with zero attached hydrogens (tertiary/aromatic N) is 2. The van der Waals surface area contributed by atoms with E-state index in [1.165, 1.54) is 6.08 Å². The molecule has 1 heterocycles. The molecule has 1 aliphatic heterocycles. The van der Waals surface area contributed by atoms with Gasteiger partial charge in [-0.1, -0.05) is 44.5 Å². The molecule has 0 saturated carbocycles. The lowest BCUT2D eigenvalue weighted by Crippen LogP contribution is -2.25. The van der Waals surface area contributed by atoms with Crippen molar-refractivity contribution in [3.05, 3.63) is 64.4 Å². The molecule has 154 valence electrons. The summed E-state index contributed by atoms with van der Waals surface area (Å²) in [5, 5.41) is 8.69. The average molecular weight is 416 g/mol. The Kier molecular flexibility index (Phi) is 6.34. The van der Waals surface area contributed by atoms with Crippen molar-refractivity contribution in [2.75, 3.05) is 5.32 Å². The maximum absolute atomic E-state index is 12.4. The standard InChI is InChI=1S/C21H25N3O4S/c1-3-7-17-13-21(25)24(23-17)19-12-15(10-11-20(19)29(26,27)28)14-22-18-9-6-5-8-16(18)4-2/h5-6,8-11,14,22H,3-4,7,12-13H2,1-2H3,(H,26,27,28). The second-order valence-electron chi connectivity index (χ2n) is 6.97. The Bertz CT molecular complexity index is 1040. The van der Waals surface area contributed by atoms with E-state index in [4.69, 9.17) is 0 Å². The predicted octanol–water partition coefficient (Wildman–Crippen LogP) is 3.99. The smallest absolute Gasteiger partial charge is 0.296 e. The van der Waals surface area contributed by atoms with E-state index < -0.39 is 10.1 Å². The fourth-order valence-corrected chi connectivity index (χ4v) is 4.09.